The molecule has 0 radical (unpaired) electrons. The number of anilines is 4. The molecule has 2 aliphatic carbocycles. The maximum atomic E-state index is 13.5. The molecule has 0 bridgehead atoms. The molecule has 3 atom stereocenters. The summed E-state index contributed by atoms with van der Waals surface area (Å²) in [4.78, 5) is 50.9. The van der Waals surface area contributed by atoms with Gasteiger partial charge in [-0.3, -0.25) is 19.0 Å². The first kappa shape index (κ1) is 35.5. The molecule has 1 saturated heterocycles. The van der Waals surface area contributed by atoms with Crippen LogP contribution in [0.2, 0.25) is 0 Å². The van der Waals surface area contributed by atoms with Crippen LogP contribution >= 0.6 is 0 Å². The topological polar surface area (TPSA) is 130 Å². The number of carbonyl (C=O) groups excluding carboxylic acids is 2. The lowest BCUT2D eigenvalue weighted by molar-refractivity contribution is -0.128. The van der Waals surface area contributed by atoms with Gasteiger partial charge in [0.2, 0.25) is 17.8 Å². The van der Waals surface area contributed by atoms with Gasteiger partial charge in [-0.2, -0.15) is 4.98 Å². The van der Waals surface area contributed by atoms with Crippen molar-refractivity contribution >= 4 is 45.9 Å². The summed E-state index contributed by atoms with van der Waals surface area (Å²) in [6.45, 7) is 10.0. The molecule has 11 heteroatoms. The Labute approximate surface area is 305 Å². The van der Waals surface area contributed by atoms with Crippen molar-refractivity contribution in [3.63, 3.8) is 0 Å². The molecule has 0 spiro atoms. The van der Waals surface area contributed by atoms with Gasteiger partial charge in [-0.05, 0) is 99.6 Å². The highest BCUT2D eigenvalue weighted by Crippen LogP contribution is 2.39. The van der Waals surface area contributed by atoms with Crippen LogP contribution in [0.3, 0.4) is 0 Å². The van der Waals surface area contributed by atoms with Crippen molar-refractivity contribution in [2.75, 3.05) is 35.7 Å². The summed E-state index contributed by atoms with van der Waals surface area (Å²) in [5.41, 5.74) is 3.75. The van der Waals surface area contributed by atoms with E-state index in [1.54, 1.807) is 30.0 Å². The third kappa shape index (κ3) is 7.36. The van der Waals surface area contributed by atoms with Gasteiger partial charge in [0.1, 0.15) is 5.75 Å². The molecule has 3 unspecified atom stereocenters. The number of nitrogens with zero attached hydrogens (tertiary/aromatic N) is 4. The van der Waals surface area contributed by atoms with E-state index in [2.05, 4.69) is 46.6 Å². The zero-order chi connectivity index (χ0) is 36.6. The quantitative estimate of drug-likeness (QED) is 0.141. The normalized spacial score (nSPS) is 22.0. The summed E-state index contributed by atoms with van der Waals surface area (Å²) in [6, 6.07) is 14.7. The number of methoxy groups -OCH3 is 1. The summed E-state index contributed by atoms with van der Waals surface area (Å²) in [5.74, 6) is 2.47. The molecule has 3 heterocycles. The van der Waals surface area contributed by atoms with E-state index in [0.29, 0.717) is 59.3 Å². The number of rotatable bonds is 11. The lowest BCUT2D eigenvalue weighted by atomic mass is 9.81. The number of pyridine rings is 1. The molecule has 52 heavy (non-hydrogen) atoms. The van der Waals surface area contributed by atoms with Crippen LogP contribution in [-0.2, 0) is 9.59 Å². The Morgan fingerprint density at radius 3 is 2.54 bits per heavy atom. The zero-order valence-corrected chi connectivity index (χ0v) is 31.0. The number of benzene rings is 2. The second-order valence-corrected chi connectivity index (χ2v) is 15.3. The maximum Gasteiger partial charge on any atom is 0.257 e. The predicted octanol–water partition coefficient (Wildman–Crippen LogP) is 7.13. The van der Waals surface area contributed by atoms with Crippen LogP contribution < -0.4 is 31.1 Å². The lowest BCUT2D eigenvalue weighted by Gasteiger charge is -2.43. The van der Waals surface area contributed by atoms with Crippen molar-refractivity contribution in [1.82, 2.24) is 19.9 Å². The van der Waals surface area contributed by atoms with Crippen LogP contribution in [0.4, 0.5) is 23.0 Å². The van der Waals surface area contributed by atoms with Gasteiger partial charge in [-0.15, -0.1) is 0 Å². The summed E-state index contributed by atoms with van der Waals surface area (Å²) in [6.07, 6.45) is 10.2. The minimum Gasteiger partial charge on any atom is -0.494 e. The molecule has 274 valence electrons. The van der Waals surface area contributed by atoms with Crippen LogP contribution in [0.1, 0.15) is 77.7 Å². The van der Waals surface area contributed by atoms with E-state index in [-0.39, 0.29) is 34.7 Å². The fourth-order valence-electron chi connectivity index (χ4n) is 7.98. The van der Waals surface area contributed by atoms with E-state index in [9.17, 15) is 14.4 Å². The summed E-state index contributed by atoms with van der Waals surface area (Å²) < 4.78 is 7.33. The van der Waals surface area contributed by atoms with Crippen molar-refractivity contribution in [2.45, 2.75) is 84.6 Å². The number of hydrogen-bond acceptors (Lipinski definition) is 8. The maximum absolute atomic E-state index is 13.5. The highest BCUT2D eigenvalue weighted by Gasteiger charge is 2.40. The molecule has 3 aliphatic rings. The fourth-order valence-corrected chi connectivity index (χ4v) is 7.98. The van der Waals surface area contributed by atoms with E-state index in [1.807, 2.05) is 43.3 Å². The Balaban J connectivity index is 1.06. The second kappa shape index (κ2) is 14.6. The molecule has 3 N–H and O–H groups in total. The molecule has 11 nitrogen and oxygen atoms in total. The van der Waals surface area contributed by atoms with Gasteiger partial charge < -0.3 is 25.6 Å². The van der Waals surface area contributed by atoms with Crippen molar-refractivity contribution in [2.24, 2.45) is 23.7 Å². The van der Waals surface area contributed by atoms with Gasteiger partial charge in [-0.25, -0.2) is 4.98 Å². The Bertz CT molecular complexity index is 2040. The standard InChI is InChI=1S/C41H51N7O4/c1-6-27-17-25(3)15-16-41(7-2,21-27)46-39(51)29-23-47(24-29)31-13-14-34(35(20-31)52-5)44-40-42-22-33-26(4)18-36(49)48(37(33)45-40)32-10-8-9-30(19-32)43-38(50)28-11-12-28/h8-10,13-14,18-20,22,25,27-29H,6-7,11-12,15-17,21,23-24H2,1-5H3,(H,43,50)(H,46,51)(H,42,44,45). The van der Waals surface area contributed by atoms with Gasteiger partial charge >= 0.3 is 0 Å². The summed E-state index contributed by atoms with van der Waals surface area (Å²) in [5, 5.41) is 10.5. The van der Waals surface area contributed by atoms with Gasteiger partial charge in [-0.1, -0.05) is 33.3 Å². The van der Waals surface area contributed by atoms with Crippen molar-refractivity contribution < 1.29 is 14.3 Å². The minimum atomic E-state index is -0.234. The highest BCUT2D eigenvalue weighted by molar-refractivity contribution is 5.94. The van der Waals surface area contributed by atoms with Crippen LogP contribution in [0.25, 0.3) is 16.7 Å². The number of hydrogen-bond donors (Lipinski definition) is 3. The van der Waals surface area contributed by atoms with E-state index >= 15 is 0 Å². The lowest BCUT2D eigenvalue weighted by Crippen LogP contribution is -2.58. The Hall–Kier alpha value is -4.93. The molecule has 3 fully saturated rings. The van der Waals surface area contributed by atoms with Crippen molar-refractivity contribution in [1.29, 1.82) is 0 Å². The van der Waals surface area contributed by atoms with E-state index in [4.69, 9.17) is 9.72 Å². The van der Waals surface area contributed by atoms with E-state index in [1.165, 1.54) is 12.8 Å². The van der Waals surface area contributed by atoms with E-state index in [0.717, 1.165) is 55.2 Å². The molecular formula is C41H51N7O4. The first-order valence-corrected chi connectivity index (χ1v) is 18.9. The number of fused-ring (bicyclic) bond motifs is 1. The van der Waals surface area contributed by atoms with Crippen LogP contribution in [-0.4, -0.2) is 52.1 Å². The molecule has 7 rings (SSSR count). The Morgan fingerprint density at radius 2 is 1.81 bits per heavy atom. The molecule has 1 aliphatic heterocycles. The zero-order valence-electron chi connectivity index (χ0n) is 31.0. The molecule has 2 saturated carbocycles. The Kier molecular flexibility index (Phi) is 9.96. The van der Waals surface area contributed by atoms with Gasteiger partial charge in [0, 0.05) is 59.6 Å². The SMILES string of the molecule is CCC1CC(C)CCC(CC)(NC(=O)C2CN(c3ccc(Nc4ncc5c(C)cc(=O)n(-c6cccc(NC(=O)C7CC7)c6)c5n4)c(OC)c3)C2)C1. The predicted molar refractivity (Wildman–Crippen MR) is 206 cm³/mol. The monoisotopic (exact) mass is 705 g/mol. The molecule has 2 aromatic heterocycles. The van der Waals surface area contributed by atoms with E-state index < -0.39 is 0 Å². The van der Waals surface area contributed by atoms with Gasteiger partial charge in [0.05, 0.1) is 24.4 Å². The minimum absolute atomic E-state index is 0.00107. The number of aromatic nitrogens is 3. The van der Waals surface area contributed by atoms with Crippen LogP contribution in [0.5, 0.6) is 5.75 Å². The van der Waals surface area contributed by atoms with Crippen molar-refractivity contribution in [3.8, 4) is 11.4 Å². The first-order valence-electron chi connectivity index (χ1n) is 18.9. The van der Waals surface area contributed by atoms with Gasteiger partial charge in [0.15, 0.2) is 5.65 Å². The summed E-state index contributed by atoms with van der Waals surface area (Å²) in [7, 11) is 1.62. The molecule has 2 amide bonds. The Morgan fingerprint density at radius 1 is 1.00 bits per heavy atom. The fraction of sp³-hybridized carbons (Fsp3) is 0.488. The third-order valence-electron chi connectivity index (χ3n) is 11.5. The van der Waals surface area contributed by atoms with Crippen molar-refractivity contribution in [3.05, 3.63) is 70.6 Å². The number of amides is 2. The summed E-state index contributed by atoms with van der Waals surface area (Å²) >= 11 is 0. The highest BCUT2D eigenvalue weighted by atomic mass is 16.5. The molecule has 2 aromatic carbocycles. The third-order valence-corrected chi connectivity index (χ3v) is 11.5. The second-order valence-electron chi connectivity index (χ2n) is 15.3. The average molecular weight is 706 g/mol. The number of carbonyl (C=O) groups is 2. The number of ether oxygens (including phenoxy) is 1. The smallest absolute Gasteiger partial charge is 0.257 e. The van der Waals surface area contributed by atoms with Gasteiger partial charge in [0.25, 0.3) is 5.56 Å². The molecule has 4 aromatic rings. The first-order chi connectivity index (χ1) is 25.1. The van der Waals surface area contributed by atoms with Crippen LogP contribution in [0, 0.1) is 30.6 Å². The molecular weight excluding hydrogens is 654 g/mol. The average Bonchev–Trinajstić information content (AvgIpc) is 3.97. The number of aryl methyl sites for hydroxylation is 1. The van der Waals surface area contributed by atoms with Crippen LogP contribution in [0.15, 0.2) is 59.5 Å². The number of nitrogens with one attached hydrogen (secondary N) is 3. The largest absolute Gasteiger partial charge is 0.494 e.